The van der Waals surface area contributed by atoms with Crippen LogP contribution in [0.5, 0.6) is 17.2 Å². The zero-order chi connectivity index (χ0) is 16.8. The van der Waals surface area contributed by atoms with Gasteiger partial charge in [0, 0.05) is 19.1 Å². The zero-order valence-corrected chi connectivity index (χ0v) is 12.1. The van der Waals surface area contributed by atoms with Crippen LogP contribution in [0, 0.1) is 17.5 Å². The second-order valence-corrected chi connectivity index (χ2v) is 4.66. The van der Waals surface area contributed by atoms with Crippen molar-refractivity contribution in [3.8, 4) is 17.2 Å². The minimum absolute atomic E-state index is 0.0685. The molecule has 2 aromatic rings. The fraction of sp³-hybridized carbons (Fsp3) is 0.250. The summed E-state index contributed by atoms with van der Waals surface area (Å²) in [5.41, 5.74) is -0.174. The number of aliphatic hydroxyl groups excluding tert-OH is 1. The number of hydrogen-bond acceptors (Lipinski definition) is 4. The van der Waals surface area contributed by atoms with E-state index in [1.165, 1.54) is 12.1 Å². The molecule has 0 spiro atoms. The highest BCUT2D eigenvalue weighted by Crippen LogP contribution is 2.30. The Balaban J connectivity index is 2.18. The summed E-state index contributed by atoms with van der Waals surface area (Å²) in [5, 5.41) is 18.3. The number of benzene rings is 2. The summed E-state index contributed by atoms with van der Waals surface area (Å²) >= 11 is 0. The maximum Gasteiger partial charge on any atom is 0.169 e. The third kappa shape index (κ3) is 4.29. The van der Waals surface area contributed by atoms with Gasteiger partial charge in [-0.3, -0.25) is 0 Å². The summed E-state index contributed by atoms with van der Waals surface area (Å²) in [5.74, 6) is -3.31. The summed E-state index contributed by atoms with van der Waals surface area (Å²) in [6.07, 6.45) is 0.331. The highest BCUT2D eigenvalue weighted by Gasteiger charge is 2.16. The minimum atomic E-state index is -1.13. The van der Waals surface area contributed by atoms with Gasteiger partial charge in [0.2, 0.25) is 0 Å². The van der Waals surface area contributed by atoms with Crippen molar-refractivity contribution in [1.82, 2.24) is 0 Å². The van der Waals surface area contributed by atoms with E-state index in [9.17, 15) is 18.3 Å². The van der Waals surface area contributed by atoms with Gasteiger partial charge in [-0.15, -0.1) is 0 Å². The molecule has 0 bridgehead atoms. The Bertz CT molecular complexity index is 677. The van der Waals surface area contributed by atoms with E-state index in [1.54, 1.807) is 0 Å². The largest absolute Gasteiger partial charge is 0.504 e. The smallest absolute Gasteiger partial charge is 0.169 e. The van der Waals surface area contributed by atoms with Gasteiger partial charge < -0.3 is 19.7 Å². The molecule has 0 aliphatic heterocycles. The standard InChI is InChI=1S/C16H15F3O4/c17-10-2-4-15(13(21)8-10)23-9-11-14(22-7-1-6-20)5-3-12(18)16(11)19/h2-5,8,20-21H,1,6-7,9H2. The molecule has 2 N–H and O–H groups in total. The summed E-state index contributed by atoms with van der Waals surface area (Å²) in [7, 11) is 0. The van der Waals surface area contributed by atoms with Gasteiger partial charge in [0.25, 0.3) is 0 Å². The summed E-state index contributed by atoms with van der Waals surface area (Å²) in [6.45, 7) is -0.396. The highest BCUT2D eigenvalue weighted by atomic mass is 19.2. The second kappa shape index (κ2) is 7.73. The molecule has 0 saturated heterocycles. The fourth-order valence-corrected chi connectivity index (χ4v) is 1.85. The number of hydrogen-bond donors (Lipinski definition) is 2. The van der Waals surface area contributed by atoms with Crippen LogP contribution in [-0.4, -0.2) is 23.4 Å². The van der Waals surface area contributed by atoms with Crippen LogP contribution >= 0.6 is 0 Å². The van der Waals surface area contributed by atoms with E-state index in [1.807, 2.05) is 0 Å². The molecule has 0 unspecified atom stereocenters. The first kappa shape index (κ1) is 17.0. The lowest BCUT2D eigenvalue weighted by molar-refractivity contribution is 0.225. The molecule has 2 rings (SSSR count). The van der Waals surface area contributed by atoms with Crippen LogP contribution in [-0.2, 0) is 6.61 Å². The van der Waals surface area contributed by atoms with Gasteiger partial charge in [-0.25, -0.2) is 13.2 Å². The molecule has 2 aromatic carbocycles. The molecule has 0 atom stereocenters. The lowest BCUT2D eigenvalue weighted by atomic mass is 10.2. The van der Waals surface area contributed by atoms with Crippen LogP contribution in [0.1, 0.15) is 12.0 Å². The number of phenols is 1. The average molecular weight is 328 g/mol. The van der Waals surface area contributed by atoms with Gasteiger partial charge >= 0.3 is 0 Å². The Hall–Kier alpha value is -2.41. The molecular weight excluding hydrogens is 313 g/mol. The Labute approximate surface area is 130 Å². The fourth-order valence-electron chi connectivity index (χ4n) is 1.85. The molecule has 0 radical (unpaired) electrons. The highest BCUT2D eigenvalue weighted by molar-refractivity contribution is 5.40. The van der Waals surface area contributed by atoms with Gasteiger partial charge in [-0.2, -0.15) is 0 Å². The van der Waals surface area contributed by atoms with Crippen LogP contribution < -0.4 is 9.47 Å². The van der Waals surface area contributed by atoms with Crippen LogP contribution in [0.2, 0.25) is 0 Å². The monoisotopic (exact) mass is 328 g/mol. The van der Waals surface area contributed by atoms with Crippen molar-refractivity contribution in [2.75, 3.05) is 13.2 Å². The predicted molar refractivity (Wildman–Crippen MR) is 76.0 cm³/mol. The molecular formula is C16H15F3O4. The summed E-state index contributed by atoms with van der Waals surface area (Å²) in [4.78, 5) is 0. The maximum atomic E-state index is 13.9. The van der Waals surface area contributed by atoms with Crippen molar-refractivity contribution in [1.29, 1.82) is 0 Å². The molecule has 0 aliphatic rings. The van der Waals surface area contributed by atoms with Crippen molar-refractivity contribution >= 4 is 0 Å². The minimum Gasteiger partial charge on any atom is -0.504 e. The first-order valence-electron chi connectivity index (χ1n) is 6.84. The van der Waals surface area contributed by atoms with Crippen LogP contribution in [0.3, 0.4) is 0 Å². The van der Waals surface area contributed by atoms with E-state index in [0.29, 0.717) is 6.42 Å². The quantitative estimate of drug-likeness (QED) is 0.767. The lowest BCUT2D eigenvalue weighted by Gasteiger charge is -2.14. The van der Waals surface area contributed by atoms with E-state index < -0.39 is 29.8 Å². The number of rotatable bonds is 7. The molecule has 23 heavy (non-hydrogen) atoms. The van der Waals surface area contributed by atoms with Crippen molar-refractivity contribution in [2.24, 2.45) is 0 Å². The van der Waals surface area contributed by atoms with Gasteiger partial charge in [0.1, 0.15) is 18.2 Å². The Kier molecular flexibility index (Phi) is 5.70. The SMILES string of the molecule is OCCCOc1ccc(F)c(F)c1COc1ccc(F)cc1O. The molecule has 4 nitrogen and oxygen atoms in total. The first-order valence-corrected chi connectivity index (χ1v) is 6.84. The molecule has 0 saturated carbocycles. The summed E-state index contributed by atoms with van der Waals surface area (Å²) in [6, 6.07) is 5.25. The van der Waals surface area contributed by atoms with E-state index in [-0.39, 0.29) is 30.3 Å². The molecule has 0 aliphatic carbocycles. The molecule has 0 heterocycles. The van der Waals surface area contributed by atoms with E-state index in [2.05, 4.69) is 0 Å². The number of aromatic hydroxyl groups is 1. The Morgan fingerprint density at radius 3 is 2.39 bits per heavy atom. The Morgan fingerprint density at radius 1 is 0.957 bits per heavy atom. The van der Waals surface area contributed by atoms with Gasteiger partial charge in [-0.1, -0.05) is 0 Å². The lowest BCUT2D eigenvalue weighted by Crippen LogP contribution is -2.07. The van der Waals surface area contributed by atoms with Crippen molar-refractivity contribution < 1.29 is 32.9 Å². The van der Waals surface area contributed by atoms with Gasteiger partial charge in [0.15, 0.2) is 23.1 Å². The third-order valence-electron chi connectivity index (χ3n) is 3.01. The van der Waals surface area contributed by atoms with Crippen molar-refractivity contribution in [2.45, 2.75) is 13.0 Å². The van der Waals surface area contributed by atoms with Crippen molar-refractivity contribution in [3.05, 3.63) is 53.3 Å². The van der Waals surface area contributed by atoms with Crippen LogP contribution in [0.25, 0.3) is 0 Å². The summed E-state index contributed by atoms with van der Waals surface area (Å²) < 4.78 is 50.7. The van der Waals surface area contributed by atoms with E-state index in [4.69, 9.17) is 14.6 Å². The number of halogens is 3. The number of phenolic OH excluding ortho intramolecular Hbond substituents is 1. The zero-order valence-electron chi connectivity index (χ0n) is 12.1. The molecule has 0 fully saturated rings. The van der Waals surface area contributed by atoms with Crippen LogP contribution in [0.15, 0.2) is 30.3 Å². The first-order chi connectivity index (χ1) is 11.0. The van der Waals surface area contributed by atoms with E-state index >= 15 is 0 Å². The Morgan fingerprint density at radius 2 is 1.70 bits per heavy atom. The molecule has 0 aromatic heterocycles. The number of ether oxygens (including phenoxy) is 2. The molecule has 0 amide bonds. The van der Waals surface area contributed by atoms with Crippen molar-refractivity contribution in [3.63, 3.8) is 0 Å². The molecule has 7 heteroatoms. The van der Waals surface area contributed by atoms with Gasteiger partial charge in [-0.05, 0) is 24.3 Å². The van der Waals surface area contributed by atoms with E-state index in [0.717, 1.165) is 18.2 Å². The third-order valence-corrected chi connectivity index (χ3v) is 3.01. The van der Waals surface area contributed by atoms with Gasteiger partial charge in [0.05, 0.1) is 12.2 Å². The topological polar surface area (TPSA) is 58.9 Å². The van der Waals surface area contributed by atoms with Crippen LogP contribution in [0.4, 0.5) is 13.2 Å². The predicted octanol–water partition coefficient (Wildman–Crippen LogP) is 3.15. The maximum absolute atomic E-state index is 13.9. The normalized spacial score (nSPS) is 10.6. The average Bonchev–Trinajstić information content (AvgIpc) is 2.52. The number of aliphatic hydroxyl groups is 1. The second-order valence-electron chi connectivity index (χ2n) is 4.66. The molecule has 124 valence electrons.